The van der Waals surface area contributed by atoms with Gasteiger partial charge in [0.25, 0.3) is 5.91 Å². The highest BCUT2D eigenvalue weighted by Crippen LogP contribution is 2.24. The molecule has 188 valence electrons. The Morgan fingerprint density at radius 1 is 1.17 bits per heavy atom. The second-order valence-corrected chi connectivity index (χ2v) is 9.41. The monoisotopic (exact) mass is 499 g/mol. The summed E-state index contributed by atoms with van der Waals surface area (Å²) in [6, 6.07) is 9.92. The molecule has 0 atom stereocenters. The minimum Gasteiger partial charge on any atom is -0.355 e. The summed E-state index contributed by atoms with van der Waals surface area (Å²) >= 11 is 6.08. The summed E-state index contributed by atoms with van der Waals surface area (Å²) in [6.45, 7) is 7.92. The molecule has 2 aliphatic rings. The van der Waals surface area contributed by atoms with Gasteiger partial charge in [-0.3, -0.25) is 19.3 Å². The van der Waals surface area contributed by atoms with Crippen LogP contribution in [-0.2, 0) is 16.1 Å². The largest absolute Gasteiger partial charge is 0.355 e. The molecule has 3 heterocycles. The van der Waals surface area contributed by atoms with E-state index in [4.69, 9.17) is 11.6 Å². The van der Waals surface area contributed by atoms with Crippen molar-refractivity contribution in [2.45, 2.75) is 52.1 Å². The van der Waals surface area contributed by atoms with E-state index < -0.39 is 0 Å². The molecule has 0 unspecified atom stereocenters. The van der Waals surface area contributed by atoms with Gasteiger partial charge in [-0.15, -0.1) is 0 Å². The van der Waals surface area contributed by atoms with Gasteiger partial charge in [-0.05, 0) is 62.4 Å². The Morgan fingerprint density at radius 2 is 1.91 bits per heavy atom. The third-order valence-corrected chi connectivity index (χ3v) is 6.81. The summed E-state index contributed by atoms with van der Waals surface area (Å²) in [5.41, 5.74) is 3.62. The van der Waals surface area contributed by atoms with E-state index >= 15 is 0 Å². The smallest absolute Gasteiger partial charge is 0.251 e. The average Bonchev–Trinajstić information content (AvgIpc) is 3.27. The first-order valence-corrected chi connectivity index (χ1v) is 12.4. The normalized spacial score (nSPS) is 16.5. The van der Waals surface area contributed by atoms with Gasteiger partial charge in [0.05, 0.1) is 0 Å². The Balaban J connectivity index is 0.000000214. The van der Waals surface area contributed by atoms with Crippen LogP contribution < -0.4 is 10.6 Å². The lowest BCUT2D eigenvalue weighted by Crippen LogP contribution is -2.45. The molecule has 35 heavy (non-hydrogen) atoms. The molecule has 2 fully saturated rings. The number of carbonyl (C=O) groups is 3. The Labute approximate surface area is 212 Å². The summed E-state index contributed by atoms with van der Waals surface area (Å²) in [6.07, 6.45) is 4.54. The van der Waals surface area contributed by atoms with Gasteiger partial charge in [0.2, 0.25) is 12.3 Å². The van der Waals surface area contributed by atoms with E-state index in [1.54, 1.807) is 20.0 Å². The van der Waals surface area contributed by atoms with Gasteiger partial charge in [0, 0.05) is 62.0 Å². The quantitative estimate of drug-likeness (QED) is 0.593. The van der Waals surface area contributed by atoms with Crippen LogP contribution in [0.2, 0.25) is 5.02 Å². The molecule has 2 N–H and O–H groups in total. The molecule has 1 aromatic carbocycles. The minimum atomic E-state index is -0.204. The fourth-order valence-electron chi connectivity index (χ4n) is 4.59. The topological polar surface area (TPSA) is 94.6 Å². The standard InChI is InChI=1S/C17H23ClN2O.C9H11N3O2/c1-13-11-14(4-5-16(13)18)12-19-9-6-15(7-10-19)20-8-2-3-17(20)21;1-6-3-7(9(14)10-2)4-8(12-6)11-5-13/h4-5,11,15H,2-3,6-10,12H2,1H3;3-5H,1-2H3,(H,10,14)(H,11,12,13). The van der Waals surface area contributed by atoms with Crippen LogP contribution in [0.15, 0.2) is 30.3 Å². The molecule has 0 bridgehead atoms. The fraction of sp³-hybridized carbons (Fsp3) is 0.462. The van der Waals surface area contributed by atoms with Crippen LogP contribution in [0.5, 0.6) is 0 Å². The van der Waals surface area contributed by atoms with Crippen LogP contribution in [0.1, 0.15) is 52.9 Å². The Morgan fingerprint density at radius 3 is 2.51 bits per heavy atom. The number of pyridine rings is 1. The first-order chi connectivity index (χ1) is 16.8. The number of piperidine rings is 1. The van der Waals surface area contributed by atoms with Crippen molar-refractivity contribution < 1.29 is 14.4 Å². The van der Waals surface area contributed by atoms with Gasteiger partial charge < -0.3 is 15.5 Å². The molecule has 2 aliphatic heterocycles. The predicted molar refractivity (Wildman–Crippen MR) is 137 cm³/mol. The van der Waals surface area contributed by atoms with Crippen molar-refractivity contribution in [2.75, 3.05) is 32.0 Å². The molecular weight excluding hydrogens is 466 g/mol. The van der Waals surface area contributed by atoms with Gasteiger partial charge in [-0.25, -0.2) is 4.98 Å². The molecule has 1 aromatic heterocycles. The lowest BCUT2D eigenvalue weighted by Gasteiger charge is -2.36. The van der Waals surface area contributed by atoms with Crippen molar-refractivity contribution in [3.63, 3.8) is 0 Å². The lowest BCUT2D eigenvalue weighted by atomic mass is 10.0. The molecule has 0 spiro atoms. The van der Waals surface area contributed by atoms with Crippen molar-refractivity contribution in [3.05, 3.63) is 57.7 Å². The number of carbonyl (C=O) groups excluding carboxylic acids is 3. The van der Waals surface area contributed by atoms with Crippen LogP contribution in [-0.4, -0.2) is 65.7 Å². The van der Waals surface area contributed by atoms with Gasteiger partial charge in [0.15, 0.2) is 0 Å². The Bertz CT molecular complexity index is 1050. The average molecular weight is 500 g/mol. The number of hydrogen-bond acceptors (Lipinski definition) is 5. The second kappa shape index (κ2) is 12.7. The number of benzene rings is 1. The molecule has 0 radical (unpaired) electrons. The Kier molecular flexibility index (Phi) is 9.63. The third-order valence-electron chi connectivity index (χ3n) is 6.39. The number of aromatic nitrogens is 1. The molecule has 0 saturated carbocycles. The SMILES string of the molecule is CNC(=O)c1cc(C)nc(NC=O)c1.Cc1cc(CN2CCC(N3CCCC3=O)CC2)ccc1Cl. The van der Waals surface area contributed by atoms with E-state index in [-0.39, 0.29) is 5.91 Å². The molecule has 3 amide bonds. The molecule has 2 aromatic rings. The van der Waals surface area contributed by atoms with E-state index in [9.17, 15) is 14.4 Å². The van der Waals surface area contributed by atoms with Crippen LogP contribution >= 0.6 is 11.6 Å². The highest BCUT2D eigenvalue weighted by atomic mass is 35.5. The number of likely N-dealkylation sites (tertiary alicyclic amines) is 2. The molecular formula is C26H34ClN5O3. The van der Waals surface area contributed by atoms with E-state index in [1.165, 1.54) is 11.6 Å². The van der Waals surface area contributed by atoms with E-state index in [0.29, 0.717) is 35.4 Å². The second-order valence-electron chi connectivity index (χ2n) is 9.01. The van der Waals surface area contributed by atoms with Gasteiger partial charge >= 0.3 is 0 Å². The zero-order valence-electron chi connectivity index (χ0n) is 20.6. The van der Waals surface area contributed by atoms with Crippen molar-refractivity contribution in [2.24, 2.45) is 0 Å². The predicted octanol–water partition coefficient (Wildman–Crippen LogP) is 3.55. The highest BCUT2D eigenvalue weighted by molar-refractivity contribution is 6.31. The zero-order chi connectivity index (χ0) is 25.4. The van der Waals surface area contributed by atoms with Crippen molar-refractivity contribution in [3.8, 4) is 0 Å². The number of rotatable bonds is 6. The summed E-state index contributed by atoms with van der Waals surface area (Å²) < 4.78 is 0. The lowest BCUT2D eigenvalue weighted by molar-refractivity contribution is -0.130. The molecule has 2 saturated heterocycles. The van der Waals surface area contributed by atoms with Crippen molar-refractivity contribution in [1.29, 1.82) is 0 Å². The maximum absolute atomic E-state index is 11.8. The molecule has 0 aliphatic carbocycles. The number of hydrogen-bond donors (Lipinski definition) is 2. The van der Waals surface area contributed by atoms with Crippen LogP contribution in [0, 0.1) is 13.8 Å². The fourth-order valence-corrected chi connectivity index (χ4v) is 4.70. The van der Waals surface area contributed by atoms with Crippen LogP contribution in [0.3, 0.4) is 0 Å². The zero-order valence-corrected chi connectivity index (χ0v) is 21.4. The first-order valence-electron chi connectivity index (χ1n) is 12.0. The van der Waals surface area contributed by atoms with Gasteiger partial charge in [-0.1, -0.05) is 23.7 Å². The Hall–Kier alpha value is -2.97. The molecule has 8 nitrogen and oxygen atoms in total. The number of nitrogens with zero attached hydrogens (tertiary/aromatic N) is 3. The number of halogens is 1. The summed E-state index contributed by atoms with van der Waals surface area (Å²) in [7, 11) is 1.55. The highest BCUT2D eigenvalue weighted by Gasteiger charge is 2.30. The number of aryl methyl sites for hydroxylation is 2. The van der Waals surface area contributed by atoms with Gasteiger partial charge in [-0.2, -0.15) is 0 Å². The molecule has 9 heteroatoms. The number of nitrogens with one attached hydrogen (secondary N) is 2. The third kappa shape index (κ3) is 7.50. The van der Waals surface area contributed by atoms with E-state index in [2.05, 4.69) is 44.5 Å². The summed E-state index contributed by atoms with van der Waals surface area (Å²) in [5, 5.41) is 5.73. The van der Waals surface area contributed by atoms with Crippen LogP contribution in [0.25, 0.3) is 0 Å². The summed E-state index contributed by atoms with van der Waals surface area (Å²) in [4.78, 5) is 41.9. The molecule has 4 rings (SSSR count). The number of amides is 3. The van der Waals surface area contributed by atoms with E-state index in [1.807, 2.05) is 6.07 Å². The summed E-state index contributed by atoms with van der Waals surface area (Å²) in [5.74, 6) is 0.532. The first kappa shape index (κ1) is 26.6. The number of anilines is 1. The minimum absolute atomic E-state index is 0.204. The van der Waals surface area contributed by atoms with Gasteiger partial charge in [0.1, 0.15) is 5.82 Å². The van der Waals surface area contributed by atoms with Crippen molar-refractivity contribution >= 4 is 35.6 Å². The maximum Gasteiger partial charge on any atom is 0.251 e. The maximum atomic E-state index is 11.8. The van der Waals surface area contributed by atoms with Crippen molar-refractivity contribution in [1.82, 2.24) is 20.1 Å². The van der Waals surface area contributed by atoms with E-state index in [0.717, 1.165) is 62.4 Å². The van der Waals surface area contributed by atoms with Crippen LogP contribution in [0.4, 0.5) is 5.82 Å².